The van der Waals surface area contributed by atoms with Crippen molar-refractivity contribution in [3.8, 4) is 0 Å². The number of anilines is 2. The maximum absolute atomic E-state index is 5.19. The van der Waals surface area contributed by atoms with Crippen LogP contribution in [0.15, 0.2) is 86.1 Å². The molecule has 2 heterocycles. The van der Waals surface area contributed by atoms with Crippen molar-refractivity contribution in [1.82, 2.24) is 5.32 Å². The van der Waals surface area contributed by atoms with Gasteiger partial charge < -0.3 is 16.0 Å². The molecule has 0 aromatic heterocycles. The lowest BCUT2D eigenvalue weighted by molar-refractivity contribution is 0.345. The molecule has 3 heteroatoms. The Morgan fingerprint density at radius 3 is 1.69 bits per heavy atom. The molecule has 36 heavy (non-hydrogen) atoms. The SMILES string of the molecule is C=C.C=C/C=C(\C)N.CC.CC.CC.CC1CCNCC1N1c2ccccc2CCc2ccccc21. The number of hydrogen-bond acceptors (Lipinski definition) is 3. The molecule has 2 unspecified atom stereocenters. The molecule has 1 saturated heterocycles. The Balaban J connectivity index is 0. The van der Waals surface area contributed by atoms with Gasteiger partial charge in [-0.15, -0.1) is 13.2 Å². The van der Waals surface area contributed by atoms with Crippen LogP contribution in [0.5, 0.6) is 0 Å². The predicted octanol–water partition coefficient (Wildman–Crippen LogP) is 8.84. The summed E-state index contributed by atoms with van der Waals surface area (Å²) in [5.41, 5.74) is 11.8. The van der Waals surface area contributed by atoms with Crippen LogP contribution in [-0.4, -0.2) is 19.1 Å². The molecule has 4 rings (SSSR count). The highest BCUT2D eigenvalue weighted by molar-refractivity contribution is 5.72. The number of aryl methyl sites for hydroxylation is 2. The average Bonchev–Trinajstić information content (AvgIpc) is 3.11. The van der Waals surface area contributed by atoms with Gasteiger partial charge in [-0.2, -0.15) is 0 Å². The van der Waals surface area contributed by atoms with Crippen molar-refractivity contribution in [3.63, 3.8) is 0 Å². The molecular formula is C33H55N3. The normalized spacial score (nSPS) is 17.3. The standard InChI is InChI=1S/C20H24N2.C5H9N.3C2H6.C2H4/c1-15-12-13-21-14-20(15)22-18-8-4-2-6-16(18)10-11-17-7-3-5-9-19(17)22;1-3-4-5(2)6;4*1-2/h2-9,15,20-21H,10-14H2,1H3;3-4H,1,6H2,2H3;3*1-2H3;1-2H2/b;5-4+;;;;. The van der Waals surface area contributed by atoms with Crippen molar-refractivity contribution < 1.29 is 0 Å². The van der Waals surface area contributed by atoms with Crippen LogP contribution in [0, 0.1) is 5.92 Å². The molecule has 2 aromatic rings. The lowest BCUT2D eigenvalue weighted by atomic mass is 9.92. The van der Waals surface area contributed by atoms with Gasteiger partial charge >= 0.3 is 0 Å². The predicted molar refractivity (Wildman–Crippen MR) is 166 cm³/mol. The van der Waals surface area contributed by atoms with E-state index in [1.165, 1.54) is 28.9 Å². The molecule has 0 radical (unpaired) electrons. The quantitative estimate of drug-likeness (QED) is 0.324. The minimum Gasteiger partial charge on any atom is -0.402 e. The van der Waals surface area contributed by atoms with Crippen LogP contribution < -0.4 is 16.0 Å². The van der Waals surface area contributed by atoms with E-state index < -0.39 is 0 Å². The van der Waals surface area contributed by atoms with E-state index in [4.69, 9.17) is 5.73 Å². The number of nitrogens with zero attached hydrogens (tertiary/aromatic N) is 1. The van der Waals surface area contributed by atoms with Crippen LogP contribution in [0.4, 0.5) is 11.4 Å². The number of fused-ring (bicyclic) bond motifs is 2. The van der Waals surface area contributed by atoms with Crippen LogP contribution in [-0.2, 0) is 12.8 Å². The summed E-state index contributed by atoms with van der Waals surface area (Å²) >= 11 is 0. The third-order valence-electron chi connectivity index (χ3n) is 5.67. The molecule has 1 fully saturated rings. The summed E-state index contributed by atoms with van der Waals surface area (Å²) in [6.07, 6.45) is 6.94. The first-order chi connectivity index (χ1) is 17.6. The van der Waals surface area contributed by atoms with E-state index in [2.05, 4.69) is 85.4 Å². The highest BCUT2D eigenvalue weighted by atomic mass is 15.2. The van der Waals surface area contributed by atoms with Gasteiger partial charge in [-0.1, -0.05) is 97.5 Å². The number of allylic oxidation sites excluding steroid dienone is 3. The van der Waals surface area contributed by atoms with Crippen molar-refractivity contribution >= 4 is 11.4 Å². The highest BCUT2D eigenvalue weighted by Crippen LogP contribution is 2.39. The van der Waals surface area contributed by atoms with Gasteiger partial charge in [0, 0.05) is 29.7 Å². The molecule has 2 atom stereocenters. The summed E-state index contributed by atoms with van der Waals surface area (Å²) in [6.45, 7) is 27.9. The maximum Gasteiger partial charge on any atom is 0.0492 e. The Morgan fingerprint density at radius 2 is 1.33 bits per heavy atom. The number of hydrogen-bond donors (Lipinski definition) is 2. The van der Waals surface area contributed by atoms with Crippen molar-refractivity contribution in [3.05, 3.63) is 97.2 Å². The largest absolute Gasteiger partial charge is 0.402 e. The highest BCUT2D eigenvalue weighted by Gasteiger charge is 2.31. The van der Waals surface area contributed by atoms with Crippen molar-refractivity contribution in [1.29, 1.82) is 0 Å². The Bertz CT molecular complexity index is 789. The third-order valence-corrected chi connectivity index (χ3v) is 5.67. The number of nitrogens with two attached hydrogens (primary N) is 1. The Morgan fingerprint density at radius 1 is 0.889 bits per heavy atom. The van der Waals surface area contributed by atoms with E-state index in [0.29, 0.717) is 12.0 Å². The van der Waals surface area contributed by atoms with Gasteiger partial charge in [0.2, 0.25) is 0 Å². The number of rotatable bonds is 2. The Kier molecular flexibility index (Phi) is 22.3. The van der Waals surface area contributed by atoms with E-state index in [-0.39, 0.29) is 0 Å². The van der Waals surface area contributed by atoms with E-state index >= 15 is 0 Å². The monoisotopic (exact) mass is 493 g/mol. The molecule has 0 bridgehead atoms. The van der Waals surface area contributed by atoms with Gasteiger partial charge in [0.1, 0.15) is 0 Å². The summed E-state index contributed by atoms with van der Waals surface area (Å²) < 4.78 is 0. The Hall–Kier alpha value is -2.78. The molecule has 2 aliphatic rings. The van der Waals surface area contributed by atoms with E-state index in [0.717, 1.165) is 31.6 Å². The second kappa shape index (κ2) is 22.7. The van der Waals surface area contributed by atoms with E-state index in [1.54, 1.807) is 12.2 Å². The second-order valence-corrected chi connectivity index (χ2v) is 7.81. The Labute approximate surface area is 224 Å². The summed E-state index contributed by atoms with van der Waals surface area (Å²) in [5.74, 6) is 0.709. The third kappa shape index (κ3) is 11.3. The van der Waals surface area contributed by atoms with Crippen LogP contribution in [0.25, 0.3) is 0 Å². The molecule has 0 amide bonds. The molecule has 3 nitrogen and oxygen atoms in total. The summed E-state index contributed by atoms with van der Waals surface area (Å²) in [5, 5.41) is 3.60. The molecule has 0 saturated carbocycles. The van der Waals surface area contributed by atoms with Crippen LogP contribution in [0.1, 0.15) is 72.9 Å². The van der Waals surface area contributed by atoms with Crippen LogP contribution in [0.3, 0.4) is 0 Å². The number of piperidine rings is 1. The molecule has 202 valence electrons. The van der Waals surface area contributed by atoms with Gasteiger partial charge in [-0.25, -0.2) is 0 Å². The first kappa shape index (κ1) is 35.4. The molecule has 0 spiro atoms. The summed E-state index contributed by atoms with van der Waals surface area (Å²) in [6, 6.07) is 18.5. The molecular weight excluding hydrogens is 438 g/mol. The maximum atomic E-state index is 5.19. The first-order valence-corrected chi connectivity index (χ1v) is 13.8. The first-order valence-electron chi connectivity index (χ1n) is 13.8. The van der Waals surface area contributed by atoms with E-state index in [1.807, 2.05) is 48.5 Å². The van der Waals surface area contributed by atoms with Gasteiger partial charge in [-0.3, -0.25) is 0 Å². The lowest BCUT2D eigenvalue weighted by Crippen LogP contribution is -2.49. The fourth-order valence-electron chi connectivity index (χ4n) is 4.18. The minimum atomic E-state index is 0.536. The van der Waals surface area contributed by atoms with Crippen molar-refractivity contribution in [2.24, 2.45) is 11.7 Å². The minimum absolute atomic E-state index is 0.536. The molecule has 2 aliphatic heterocycles. The molecule has 0 aliphatic carbocycles. The summed E-state index contributed by atoms with van der Waals surface area (Å²) in [4.78, 5) is 2.62. The topological polar surface area (TPSA) is 41.3 Å². The number of nitrogens with one attached hydrogen (secondary N) is 1. The smallest absolute Gasteiger partial charge is 0.0492 e. The zero-order valence-corrected chi connectivity index (χ0v) is 24.6. The van der Waals surface area contributed by atoms with Gasteiger partial charge in [0.15, 0.2) is 0 Å². The fourth-order valence-corrected chi connectivity index (χ4v) is 4.18. The number of benzene rings is 2. The fraction of sp³-hybridized carbons (Fsp3) is 0.455. The van der Waals surface area contributed by atoms with Crippen molar-refractivity contribution in [2.75, 3.05) is 18.0 Å². The zero-order valence-electron chi connectivity index (χ0n) is 24.6. The van der Waals surface area contributed by atoms with Crippen LogP contribution in [0.2, 0.25) is 0 Å². The van der Waals surface area contributed by atoms with Crippen molar-refractivity contribution in [2.45, 2.75) is 80.7 Å². The van der Waals surface area contributed by atoms with Gasteiger partial charge in [0.25, 0.3) is 0 Å². The number of para-hydroxylation sites is 2. The zero-order chi connectivity index (χ0) is 27.9. The van der Waals surface area contributed by atoms with Gasteiger partial charge in [-0.05, 0) is 68.0 Å². The average molecular weight is 494 g/mol. The second-order valence-electron chi connectivity index (χ2n) is 7.81. The molecule has 3 N–H and O–H groups in total. The van der Waals surface area contributed by atoms with Crippen LogP contribution >= 0.6 is 0 Å². The lowest BCUT2D eigenvalue weighted by Gasteiger charge is -2.41. The molecule has 2 aromatic carbocycles. The summed E-state index contributed by atoms with van der Waals surface area (Å²) in [7, 11) is 0. The van der Waals surface area contributed by atoms with E-state index in [9.17, 15) is 0 Å². The van der Waals surface area contributed by atoms with Gasteiger partial charge in [0.05, 0.1) is 0 Å².